The van der Waals surface area contributed by atoms with E-state index in [0.717, 1.165) is 0 Å². The SMILES string of the molecule is CC(C)CCn1c(=O)c(C2=NS(=O)(=O)c3cc(N)ccc3N2)c(O)c2cc(N)ccc21. The zero-order valence-corrected chi connectivity index (χ0v) is 17.9. The molecule has 0 unspecified atom stereocenters. The second-order valence-corrected chi connectivity index (χ2v) is 9.51. The third-order valence-corrected chi connectivity index (χ3v) is 6.49. The monoisotopic (exact) mass is 441 g/mol. The smallest absolute Gasteiger partial charge is 0.286 e. The topological polar surface area (TPSA) is 153 Å². The number of benzene rings is 2. The molecule has 0 fully saturated rings. The molecule has 3 aromatic rings. The Hall–Kier alpha value is -3.53. The van der Waals surface area contributed by atoms with Gasteiger partial charge in [-0.05, 0) is 48.7 Å². The van der Waals surface area contributed by atoms with Gasteiger partial charge >= 0.3 is 0 Å². The van der Waals surface area contributed by atoms with Crippen LogP contribution in [0.2, 0.25) is 0 Å². The van der Waals surface area contributed by atoms with Gasteiger partial charge in [0.1, 0.15) is 16.2 Å². The van der Waals surface area contributed by atoms with E-state index in [9.17, 15) is 18.3 Å². The first-order valence-electron chi connectivity index (χ1n) is 9.75. The Morgan fingerprint density at radius 3 is 2.52 bits per heavy atom. The molecule has 0 saturated heterocycles. The number of aromatic nitrogens is 1. The van der Waals surface area contributed by atoms with Gasteiger partial charge in [0.25, 0.3) is 15.6 Å². The van der Waals surface area contributed by atoms with E-state index in [4.69, 9.17) is 11.5 Å². The molecule has 2 heterocycles. The molecule has 0 atom stereocenters. The first kappa shape index (κ1) is 20.7. The van der Waals surface area contributed by atoms with Crippen LogP contribution in [0, 0.1) is 5.92 Å². The summed E-state index contributed by atoms with van der Waals surface area (Å²) in [4.78, 5) is 13.3. The lowest BCUT2D eigenvalue weighted by Crippen LogP contribution is -2.33. The minimum atomic E-state index is -4.13. The van der Waals surface area contributed by atoms with E-state index < -0.39 is 15.6 Å². The summed E-state index contributed by atoms with van der Waals surface area (Å²) in [5, 5.41) is 14.2. The molecule has 0 aliphatic carbocycles. The zero-order chi connectivity index (χ0) is 22.5. The molecule has 1 aromatic heterocycles. The third-order valence-electron chi connectivity index (χ3n) is 5.18. The maximum Gasteiger partial charge on any atom is 0.286 e. The van der Waals surface area contributed by atoms with Crippen LogP contribution in [0.5, 0.6) is 5.75 Å². The predicted molar refractivity (Wildman–Crippen MR) is 122 cm³/mol. The molecule has 0 amide bonds. The quantitative estimate of drug-likeness (QED) is 0.454. The van der Waals surface area contributed by atoms with Crippen LogP contribution < -0.4 is 22.3 Å². The van der Waals surface area contributed by atoms with Crippen molar-refractivity contribution >= 4 is 43.8 Å². The lowest BCUT2D eigenvalue weighted by Gasteiger charge is -2.21. The van der Waals surface area contributed by atoms with Gasteiger partial charge in [0.05, 0.1) is 11.2 Å². The fraction of sp³-hybridized carbons (Fsp3) is 0.238. The molecule has 1 aliphatic heterocycles. The highest BCUT2D eigenvalue weighted by Gasteiger charge is 2.30. The summed E-state index contributed by atoms with van der Waals surface area (Å²) in [6, 6.07) is 9.18. The molecule has 0 spiro atoms. The summed E-state index contributed by atoms with van der Waals surface area (Å²) in [5.41, 5.74) is 12.2. The molecule has 4 rings (SSSR count). The summed E-state index contributed by atoms with van der Waals surface area (Å²) in [7, 11) is -4.13. The van der Waals surface area contributed by atoms with Crippen molar-refractivity contribution in [1.29, 1.82) is 0 Å². The molecular weight excluding hydrogens is 418 g/mol. The summed E-state index contributed by atoms with van der Waals surface area (Å²) < 4.78 is 30.8. The lowest BCUT2D eigenvalue weighted by molar-refractivity contribution is 0.474. The number of nitrogens with two attached hydrogens (primary N) is 2. The number of nitrogen functional groups attached to an aromatic ring is 2. The van der Waals surface area contributed by atoms with Crippen LogP contribution >= 0.6 is 0 Å². The van der Waals surface area contributed by atoms with E-state index in [-0.39, 0.29) is 33.4 Å². The number of aryl methyl sites for hydroxylation is 1. The van der Waals surface area contributed by atoms with Gasteiger partial charge in [-0.1, -0.05) is 13.8 Å². The molecule has 31 heavy (non-hydrogen) atoms. The van der Waals surface area contributed by atoms with Crippen LogP contribution in [-0.4, -0.2) is 23.9 Å². The number of nitrogens with one attached hydrogen (secondary N) is 1. The molecule has 9 nitrogen and oxygen atoms in total. The number of hydrogen-bond acceptors (Lipinski definition) is 7. The zero-order valence-electron chi connectivity index (χ0n) is 17.1. The molecular formula is C21H23N5O4S. The number of amidine groups is 1. The van der Waals surface area contributed by atoms with E-state index >= 15 is 0 Å². The van der Waals surface area contributed by atoms with Crippen molar-refractivity contribution < 1.29 is 13.5 Å². The van der Waals surface area contributed by atoms with Crippen molar-refractivity contribution in [3.63, 3.8) is 0 Å². The Kier molecular flexibility index (Phi) is 4.89. The minimum Gasteiger partial charge on any atom is -0.506 e. The van der Waals surface area contributed by atoms with Crippen LogP contribution in [-0.2, 0) is 16.6 Å². The van der Waals surface area contributed by atoms with Crippen molar-refractivity contribution in [1.82, 2.24) is 4.57 Å². The van der Waals surface area contributed by atoms with E-state index in [2.05, 4.69) is 9.71 Å². The first-order chi connectivity index (χ1) is 14.6. The van der Waals surface area contributed by atoms with Gasteiger partial charge in [-0.3, -0.25) is 4.79 Å². The number of sulfonamides is 1. The van der Waals surface area contributed by atoms with Crippen LogP contribution in [0.25, 0.3) is 10.9 Å². The van der Waals surface area contributed by atoms with Gasteiger partial charge in [0.15, 0.2) is 5.84 Å². The van der Waals surface area contributed by atoms with Gasteiger partial charge < -0.3 is 26.5 Å². The van der Waals surface area contributed by atoms with Crippen LogP contribution in [0.4, 0.5) is 17.1 Å². The average Bonchev–Trinajstić information content (AvgIpc) is 2.68. The number of fused-ring (bicyclic) bond motifs is 2. The van der Waals surface area contributed by atoms with Gasteiger partial charge in [-0.2, -0.15) is 8.42 Å². The molecule has 0 saturated carbocycles. The summed E-state index contributed by atoms with van der Waals surface area (Å²) >= 11 is 0. The third kappa shape index (κ3) is 3.59. The molecule has 10 heteroatoms. The Labute approximate surface area is 179 Å². The molecule has 0 radical (unpaired) electrons. The van der Waals surface area contributed by atoms with E-state index in [1.165, 1.54) is 22.8 Å². The molecule has 162 valence electrons. The van der Waals surface area contributed by atoms with Crippen molar-refractivity contribution in [2.75, 3.05) is 16.8 Å². The number of anilines is 3. The Bertz CT molecular complexity index is 1410. The predicted octanol–water partition coefficient (Wildman–Crippen LogP) is 2.48. The van der Waals surface area contributed by atoms with Crippen molar-refractivity contribution in [2.24, 2.45) is 10.3 Å². The highest BCUT2D eigenvalue weighted by Crippen LogP contribution is 2.34. The standard InChI is InChI=1S/C21H23N5O4S/c1-11(2)7-8-26-16-6-4-12(22)9-14(16)19(27)18(21(26)28)20-24-15-5-3-13(23)10-17(15)31(29,30)25-20/h3-6,9-11,27H,7-8,22-23H2,1-2H3,(H,24,25). The van der Waals surface area contributed by atoms with E-state index in [1.54, 1.807) is 18.2 Å². The largest absolute Gasteiger partial charge is 0.506 e. The van der Waals surface area contributed by atoms with Gasteiger partial charge in [-0.25, -0.2) is 0 Å². The van der Waals surface area contributed by atoms with E-state index in [1.807, 2.05) is 13.8 Å². The molecule has 6 N–H and O–H groups in total. The summed E-state index contributed by atoms with van der Waals surface area (Å²) in [5.74, 6) is -0.299. The number of pyridine rings is 1. The minimum absolute atomic E-state index is 0.0964. The highest BCUT2D eigenvalue weighted by atomic mass is 32.2. The molecule has 2 aromatic carbocycles. The summed E-state index contributed by atoms with van der Waals surface area (Å²) in [6.07, 6.45) is 0.712. The van der Waals surface area contributed by atoms with Crippen LogP contribution in [0.1, 0.15) is 25.8 Å². The highest BCUT2D eigenvalue weighted by molar-refractivity contribution is 7.90. The van der Waals surface area contributed by atoms with Crippen LogP contribution in [0.3, 0.4) is 0 Å². The Balaban J connectivity index is 1.99. The number of hydrogen-bond donors (Lipinski definition) is 4. The Morgan fingerprint density at radius 2 is 1.81 bits per heavy atom. The fourth-order valence-electron chi connectivity index (χ4n) is 3.57. The van der Waals surface area contributed by atoms with Crippen LogP contribution in [0.15, 0.2) is 50.5 Å². The molecule has 0 bridgehead atoms. The number of aromatic hydroxyl groups is 1. The van der Waals surface area contributed by atoms with Gasteiger partial charge in [0.2, 0.25) is 0 Å². The number of nitrogens with zero attached hydrogens (tertiary/aromatic N) is 2. The maximum atomic E-state index is 13.4. The lowest BCUT2D eigenvalue weighted by atomic mass is 10.1. The second-order valence-electron chi connectivity index (χ2n) is 7.94. The normalized spacial score (nSPS) is 14.9. The Morgan fingerprint density at radius 1 is 1.13 bits per heavy atom. The summed E-state index contributed by atoms with van der Waals surface area (Å²) in [6.45, 7) is 4.46. The van der Waals surface area contributed by atoms with E-state index in [0.29, 0.717) is 35.5 Å². The van der Waals surface area contributed by atoms with Gasteiger partial charge in [-0.15, -0.1) is 4.40 Å². The first-order valence-corrected chi connectivity index (χ1v) is 11.2. The fourth-order valence-corrected chi connectivity index (χ4v) is 4.72. The van der Waals surface area contributed by atoms with Crippen molar-refractivity contribution in [3.8, 4) is 5.75 Å². The van der Waals surface area contributed by atoms with Crippen molar-refractivity contribution in [2.45, 2.75) is 31.7 Å². The second kappa shape index (κ2) is 7.31. The van der Waals surface area contributed by atoms with Crippen molar-refractivity contribution in [3.05, 3.63) is 52.3 Å². The average molecular weight is 442 g/mol. The van der Waals surface area contributed by atoms with Gasteiger partial charge in [0, 0.05) is 23.3 Å². The number of rotatable bonds is 4. The molecule has 1 aliphatic rings. The maximum absolute atomic E-state index is 13.4.